The van der Waals surface area contributed by atoms with Crippen molar-refractivity contribution in [1.82, 2.24) is 9.97 Å². The second-order valence-electron chi connectivity index (χ2n) is 4.99. The zero-order valence-corrected chi connectivity index (χ0v) is 10.8. The van der Waals surface area contributed by atoms with E-state index < -0.39 is 0 Å². The highest BCUT2D eigenvalue weighted by Gasteiger charge is 2.19. The molecule has 1 aliphatic rings. The van der Waals surface area contributed by atoms with Gasteiger partial charge in [-0.05, 0) is 31.6 Å². The summed E-state index contributed by atoms with van der Waals surface area (Å²) in [6, 6.07) is 1.50. The highest BCUT2D eigenvalue weighted by atomic mass is 16.3. The monoisotopic (exact) mass is 251 g/mol. The lowest BCUT2D eigenvalue weighted by molar-refractivity contribution is 0.111. The Labute approximate surface area is 107 Å². The molecule has 0 saturated heterocycles. The van der Waals surface area contributed by atoms with Gasteiger partial charge in [0.15, 0.2) is 0 Å². The van der Waals surface area contributed by atoms with Crippen LogP contribution in [0.4, 0.5) is 5.82 Å². The van der Waals surface area contributed by atoms with Crippen molar-refractivity contribution in [2.45, 2.75) is 45.1 Å². The SMILES string of the molecule is CCc1nc(NCC2CCC(O)CC2)cc(=O)[nH]1. The van der Waals surface area contributed by atoms with Crippen LogP contribution in [0.2, 0.25) is 0 Å². The van der Waals surface area contributed by atoms with Crippen LogP contribution in [0.3, 0.4) is 0 Å². The molecule has 1 aromatic heterocycles. The minimum atomic E-state index is -0.120. The first kappa shape index (κ1) is 13.1. The molecule has 2 rings (SSSR count). The van der Waals surface area contributed by atoms with Crippen LogP contribution in [0.5, 0.6) is 0 Å². The normalized spacial score (nSPS) is 23.9. The molecule has 0 amide bonds. The van der Waals surface area contributed by atoms with Crippen molar-refractivity contribution in [3.8, 4) is 0 Å². The summed E-state index contributed by atoms with van der Waals surface area (Å²) in [7, 11) is 0. The molecule has 1 aromatic rings. The number of aliphatic hydroxyl groups is 1. The lowest BCUT2D eigenvalue weighted by Gasteiger charge is -2.25. The van der Waals surface area contributed by atoms with E-state index in [1.165, 1.54) is 6.07 Å². The van der Waals surface area contributed by atoms with E-state index in [1.807, 2.05) is 6.92 Å². The average Bonchev–Trinajstić information content (AvgIpc) is 2.37. The zero-order chi connectivity index (χ0) is 13.0. The largest absolute Gasteiger partial charge is 0.393 e. The van der Waals surface area contributed by atoms with E-state index in [1.54, 1.807) is 0 Å². The van der Waals surface area contributed by atoms with E-state index in [-0.39, 0.29) is 11.7 Å². The van der Waals surface area contributed by atoms with Crippen molar-refractivity contribution in [3.05, 3.63) is 22.2 Å². The molecular weight excluding hydrogens is 230 g/mol. The average molecular weight is 251 g/mol. The fourth-order valence-corrected chi connectivity index (χ4v) is 2.36. The van der Waals surface area contributed by atoms with Gasteiger partial charge in [0.25, 0.3) is 5.56 Å². The van der Waals surface area contributed by atoms with E-state index in [0.717, 1.165) is 38.6 Å². The fraction of sp³-hybridized carbons (Fsp3) is 0.692. The number of aromatic nitrogens is 2. The summed E-state index contributed by atoms with van der Waals surface area (Å²) in [6.45, 7) is 2.79. The number of nitrogens with zero attached hydrogens (tertiary/aromatic N) is 1. The molecule has 0 aliphatic heterocycles. The van der Waals surface area contributed by atoms with Crippen molar-refractivity contribution in [2.75, 3.05) is 11.9 Å². The van der Waals surface area contributed by atoms with Gasteiger partial charge in [-0.2, -0.15) is 0 Å². The summed E-state index contributed by atoms with van der Waals surface area (Å²) < 4.78 is 0. The van der Waals surface area contributed by atoms with E-state index in [4.69, 9.17) is 0 Å². The van der Waals surface area contributed by atoms with Gasteiger partial charge in [0.2, 0.25) is 0 Å². The van der Waals surface area contributed by atoms with E-state index in [9.17, 15) is 9.90 Å². The number of hydrogen-bond acceptors (Lipinski definition) is 4. The van der Waals surface area contributed by atoms with Crippen LogP contribution in [-0.2, 0) is 6.42 Å². The molecule has 1 saturated carbocycles. The third-order valence-electron chi connectivity index (χ3n) is 3.51. The second-order valence-corrected chi connectivity index (χ2v) is 4.99. The Morgan fingerprint density at radius 2 is 2.17 bits per heavy atom. The number of nitrogens with one attached hydrogen (secondary N) is 2. The van der Waals surface area contributed by atoms with Gasteiger partial charge in [0, 0.05) is 19.0 Å². The number of aryl methyl sites for hydroxylation is 1. The summed E-state index contributed by atoms with van der Waals surface area (Å²) in [6.07, 6.45) is 4.45. The summed E-state index contributed by atoms with van der Waals surface area (Å²) in [4.78, 5) is 18.4. The lowest BCUT2D eigenvalue weighted by atomic mass is 9.87. The van der Waals surface area contributed by atoms with Crippen molar-refractivity contribution in [2.24, 2.45) is 5.92 Å². The number of hydrogen-bond donors (Lipinski definition) is 3. The van der Waals surface area contributed by atoms with Gasteiger partial charge in [-0.1, -0.05) is 6.92 Å². The summed E-state index contributed by atoms with van der Waals surface area (Å²) >= 11 is 0. The fourth-order valence-electron chi connectivity index (χ4n) is 2.36. The van der Waals surface area contributed by atoms with E-state index in [0.29, 0.717) is 17.6 Å². The molecule has 0 spiro atoms. The van der Waals surface area contributed by atoms with Crippen LogP contribution in [0, 0.1) is 5.92 Å². The summed E-state index contributed by atoms with van der Waals surface area (Å²) in [5.41, 5.74) is -0.108. The third-order valence-corrected chi connectivity index (χ3v) is 3.51. The predicted octanol–water partition coefficient (Wildman–Crippen LogP) is 1.30. The Hall–Kier alpha value is -1.36. The molecule has 3 N–H and O–H groups in total. The first-order chi connectivity index (χ1) is 8.67. The van der Waals surface area contributed by atoms with Crippen LogP contribution >= 0.6 is 0 Å². The zero-order valence-electron chi connectivity index (χ0n) is 10.8. The number of anilines is 1. The van der Waals surface area contributed by atoms with Crippen LogP contribution in [0.25, 0.3) is 0 Å². The van der Waals surface area contributed by atoms with Gasteiger partial charge in [0.05, 0.1) is 6.10 Å². The molecular formula is C13H21N3O2. The Balaban J connectivity index is 1.90. The van der Waals surface area contributed by atoms with Crippen molar-refractivity contribution in [1.29, 1.82) is 0 Å². The Morgan fingerprint density at radius 1 is 1.44 bits per heavy atom. The van der Waals surface area contributed by atoms with Crippen LogP contribution in [-0.4, -0.2) is 27.7 Å². The first-order valence-electron chi connectivity index (χ1n) is 6.69. The maximum atomic E-state index is 11.4. The molecule has 0 bridgehead atoms. The Kier molecular flexibility index (Phi) is 4.36. The van der Waals surface area contributed by atoms with Gasteiger partial charge in [-0.25, -0.2) is 4.98 Å². The maximum absolute atomic E-state index is 11.4. The van der Waals surface area contributed by atoms with Crippen molar-refractivity contribution >= 4 is 5.82 Å². The molecule has 100 valence electrons. The Bertz CT molecular complexity index is 436. The summed E-state index contributed by atoms with van der Waals surface area (Å²) in [5, 5.41) is 12.7. The molecule has 0 aromatic carbocycles. The third kappa shape index (κ3) is 3.57. The van der Waals surface area contributed by atoms with E-state index >= 15 is 0 Å². The summed E-state index contributed by atoms with van der Waals surface area (Å²) in [5.74, 6) is 1.94. The molecule has 0 unspecified atom stereocenters. The number of aliphatic hydroxyl groups excluding tert-OH is 1. The van der Waals surface area contributed by atoms with Gasteiger partial charge in [-0.3, -0.25) is 4.79 Å². The van der Waals surface area contributed by atoms with Gasteiger partial charge < -0.3 is 15.4 Å². The molecule has 1 fully saturated rings. The number of rotatable bonds is 4. The number of aromatic amines is 1. The molecule has 5 nitrogen and oxygen atoms in total. The first-order valence-corrected chi connectivity index (χ1v) is 6.69. The standard InChI is InChI=1S/C13H21N3O2/c1-2-11-15-12(7-13(18)16-11)14-8-9-3-5-10(17)6-4-9/h7,9-10,17H,2-6,8H2,1H3,(H2,14,15,16,18). The molecule has 5 heteroatoms. The van der Waals surface area contributed by atoms with Gasteiger partial charge >= 0.3 is 0 Å². The van der Waals surface area contributed by atoms with E-state index in [2.05, 4.69) is 15.3 Å². The maximum Gasteiger partial charge on any atom is 0.252 e. The minimum absolute atomic E-state index is 0.108. The second kappa shape index (κ2) is 6.00. The van der Waals surface area contributed by atoms with Crippen LogP contribution < -0.4 is 10.9 Å². The number of H-pyrrole nitrogens is 1. The lowest BCUT2D eigenvalue weighted by Crippen LogP contribution is -2.24. The smallest absolute Gasteiger partial charge is 0.252 e. The Morgan fingerprint density at radius 3 is 2.83 bits per heavy atom. The van der Waals surface area contributed by atoms with Crippen LogP contribution in [0.15, 0.2) is 10.9 Å². The molecule has 1 heterocycles. The van der Waals surface area contributed by atoms with Gasteiger partial charge in [0.1, 0.15) is 11.6 Å². The predicted molar refractivity (Wildman–Crippen MR) is 70.7 cm³/mol. The highest BCUT2D eigenvalue weighted by molar-refractivity contribution is 5.32. The minimum Gasteiger partial charge on any atom is -0.393 e. The van der Waals surface area contributed by atoms with Crippen molar-refractivity contribution in [3.63, 3.8) is 0 Å². The van der Waals surface area contributed by atoms with Crippen LogP contribution in [0.1, 0.15) is 38.4 Å². The highest BCUT2D eigenvalue weighted by Crippen LogP contribution is 2.24. The molecule has 0 atom stereocenters. The quantitative estimate of drug-likeness (QED) is 0.753. The molecule has 1 aliphatic carbocycles. The molecule has 18 heavy (non-hydrogen) atoms. The van der Waals surface area contributed by atoms with Gasteiger partial charge in [-0.15, -0.1) is 0 Å². The topological polar surface area (TPSA) is 78.0 Å². The molecule has 0 radical (unpaired) electrons. The van der Waals surface area contributed by atoms with Crippen molar-refractivity contribution < 1.29 is 5.11 Å².